The number of fused-ring (bicyclic) bond motifs is 1. The maximum atomic E-state index is 13.3. The van der Waals surface area contributed by atoms with Crippen LogP contribution < -0.4 is 15.6 Å². The second kappa shape index (κ2) is 10.1. The van der Waals surface area contributed by atoms with Gasteiger partial charge in [-0.3, -0.25) is 9.59 Å². The van der Waals surface area contributed by atoms with Gasteiger partial charge in [-0.15, -0.1) is 0 Å². The Morgan fingerprint density at radius 1 is 1.14 bits per heavy atom. The van der Waals surface area contributed by atoms with Gasteiger partial charge in [-0.2, -0.15) is 9.78 Å². The van der Waals surface area contributed by atoms with Crippen molar-refractivity contribution in [1.29, 1.82) is 0 Å². The van der Waals surface area contributed by atoms with E-state index in [1.165, 1.54) is 4.68 Å². The number of hydrogen-bond donors (Lipinski definition) is 1. The number of rotatable bonds is 8. The van der Waals surface area contributed by atoms with Gasteiger partial charge in [0.15, 0.2) is 0 Å². The van der Waals surface area contributed by atoms with Crippen molar-refractivity contribution >= 4 is 5.91 Å². The van der Waals surface area contributed by atoms with Gasteiger partial charge in [0.1, 0.15) is 11.4 Å². The number of ether oxygens (including phenoxy) is 2. The predicted molar refractivity (Wildman–Crippen MR) is 132 cm³/mol. The largest absolute Gasteiger partial charge is 0.497 e. The molecule has 0 radical (unpaired) electrons. The first-order valence-corrected chi connectivity index (χ1v) is 11.8. The third kappa shape index (κ3) is 4.97. The van der Waals surface area contributed by atoms with Crippen molar-refractivity contribution in [2.75, 3.05) is 20.3 Å². The van der Waals surface area contributed by atoms with Crippen LogP contribution in [0, 0.1) is 0 Å². The summed E-state index contributed by atoms with van der Waals surface area (Å²) in [6, 6.07) is 17.0. The summed E-state index contributed by atoms with van der Waals surface area (Å²) in [4.78, 5) is 26.5. The van der Waals surface area contributed by atoms with E-state index in [1.807, 2.05) is 59.2 Å². The molecule has 1 fully saturated rings. The number of hydrogen-bond acceptors (Lipinski definition) is 5. The summed E-state index contributed by atoms with van der Waals surface area (Å²) >= 11 is 0. The fraction of sp³-hybridized carbons (Fsp3) is 0.296. The van der Waals surface area contributed by atoms with Gasteiger partial charge in [-0.05, 0) is 49.1 Å². The van der Waals surface area contributed by atoms with Crippen molar-refractivity contribution in [3.05, 3.63) is 88.5 Å². The molecule has 0 saturated carbocycles. The van der Waals surface area contributed by atoms with E-state index in [0.717, 1.165) is 30.8 Å². The molecule has 3 aliphatic heterocycles. The summed E-state index contributed by atoms with van der Waals surface area (Å²) in [5, 5.41) is 7.54. The molecule has 2 aromatic carbocycles. The molecular formula is C27H28N4O4. The van der Waals surface area contributed by atoms with Crippen LogP contribution in [0.3, 0.4) is 0 Å². The van der Waals surface area contributed by atoms with Gasteiger partial charge in [0.05, 0.1) is 30.0 Å². The van der Waals surface area contributed by atoms with Gasteiger partial charge in [0.2, 0.25) is 0 Å². The molecule has 0 aromatic heterocycles. The van der Waals surface area contributed by atoms with Crippen LogP contribution in [-0.2, 0) is 17.7 Å². The lowest BCUT2D eigenvalue weighted by molar-refractivity contribution is 0.0937. The average molecular weight is 473 g/mol. The van der Waals surface area contributed by atoms with E-state index < -0.39 is 0 Å². The summed E-state index contributed by atoms with van der Waals surface area (Å²) in [5.74, 6) is 0.533. The zero-order chi connectivity index (χ0) is 24.2. The quantitative estimate of drug-likeness (QED) is 0.425. The first-order chi connectivity index (χ1) is 17.1. The minimum Gasteiger partial charge on any atom is -0.497 e. The minimum absolute atomic E-state index is 0.0719. The highest BCUT2D eigenvalue weighted by molar-refractivity contribution is 5.99. The number of pyridine rings is 1. The number of methoxy groups -OCH3 is 1. The molecule has 35 heavy (non-hydrogen) atoms. The molecule has 1 saturated heterocycles. The van der Waals surface area contributed by atoms with Gasteiger partial charge in [0, 0.05) is 32.1 Å². The Bertz CT molecular complexity index is 1320. The molecular weight excluding hydrogens is 444 g/mol. The summed E-state index contributed by atoms with van der Waals surface area (Å²) in [5.41, 5.74) is 2.68. The molecule has 0 aliphatic carbocycles. The lowest BCUT2D eigenvalue weighted by Crippen LogP contribution is -2.28. The monoisotopic (exact) mass is 472 g/mol. The Labute approximate surface area is 203 Å². The molecule has 3 heterocycles. The van der Waals surface area contributed by atoms with E-state index in [2.05, 4.69) is 10.4 Å². The molecule has 8 nitrogen and oxygen atoms in total. The molecule has 1 N–H and O–H groups in total. The van der Waals surface area contributed by atoms with Crippen molar-refractivity contribution in [3.8, 4) is 22.7 Å². The molecule has 8 heteroatoms. The molecule has 1 amide bonds. The highest BCUT2D eigenvalue weighted by atomic mass is 16.5. The van der Waals surface area contributed by atoms with Crippen LogP contribution in [0.1, 0.15) is 28.8 Å². The Morgan fingerprint density at radius 2 is 1.94 bits per heavy atom. The molecule has 180 valence electrons. The van der Waals surface area contributed by atoms with E-state index in [0.29, 0.717) is 42.0 Å². The number of benzene rings is 2. The second-order valence-corrected chi connectivity index (χ2v) is 8.67. The first-order valence-electron chi connectivity index (χ1n) is 11.8. The Kier molecular flexibility index (Phi) is 6.63. The Morgan fingerprint density at radius 3 is 2.66 bits per heavy atom. The summed E-state index contributed by atoms with van der Waals surface area (Å²) in [7, 11) is 1.63. The molecule has 0 bridgehead atoms. The molecule has 5 rings (SSSR count). The van der Waals surface area contributed by atoms with E-state index in [1.54, 1.807) is 19.5 Å². The predicted octanol–water partition coefficient (Wildman–Crippen LogP) is 3.30. The zero-order valence-electron chi connectivity index (χ0n) is 19.6. The second-order valence-electron chi connectivity index (χ2n) is 8.67. The van der Waals surface area contributed by atoms with Gasteiger partial charge in [-0.1, -0.05) is 30.3 Å². The Balaban J connectivity index is 1.43. The van der Waals surface area contributed by atoms with Gasteiger partial charge in [0.25, 0.3) is 11.5 Å². The molecule has 1 atom stereocenters. The minimum atomic E-state index is -0.261. The van der Waals surface area contributed by atoms with Crippen LogP contribution in [0.5, 0.6) is 5.75 Å². The number of nitrogens with one attached hydrogen (secondary N) is 1. The SMILES string of the molecule is COc1ccc(CCNC(=O)c2cn(C[C@@H]3CCCO3)cc3c(=O)n(-c4ccccc4)nc2-3)cc1. The van der Waals surface area contributed by atoms with E-state index in [4.69, 9.17) is 9.47 Å². The van der Waals surface area contributed by atoms with E-state index in [9.17, 15) is 9.59 Å². The van der Waals surface area contributed by atoms with Crippen molar-refractivity contribution in [1.82, 2.24) is 19.7 Å². The number of carbonyl (C=O) groups is 1. The molecule has 0 unspecified atom stereocenters. The number of amides is 1. The summed E-state index contributed by atoms with van der Waals surface area (Å²) < 4.78 is 14.2. The maximum Gasteiger partial charge on any atom is 0.282 e. The van der Waals surface area contributed by atoms with Crippen molar-refractivity contribution in [2.24, 2.45) is 0 Å². The number of aromatic nitrogens is 3. The highest BCUT2D eigenvalue weighted by Crippen LogP contribution is 2.24. The summed E-state index contributed by atoms with van der Waals surface area (Å²) in [6.45, 7) is 1.78. The van der Waals surface area contributed by atoms with Gasteiger partial charge in [-0.25, -0.2) is 0 Å². The normalized spacial score (nSPS) is 15.4. The summed E-state index contributed by atoms with van der Waals surface area (Å²) in [6.07, 6.45) is 6.27. The number of nitrogens with zero attached hydrogens (tertiary/aromatic N) is 3. The average Bonchev–Trinajstić information content (AvgIpc) is 3.52. The van der Waals surface area contributed by atoms with Crippen LogP contribution in [0.15, 0.2) is 71.8 Å². The number of para-hydroxylation sites is 1. The molecule has 3 aliphatic rings. The topological polar surface area (TPSA) is 87.4 Å². The van der Waals surface area contributed by atoms with Crippen LogP contribution in [0.25, 0.3) is 16.9 Å². The van der Waals surface area contributed by atoms with Crippen LogP contribution in [-0.4, -0.2) is 46.6 Å². The zero-order valence-corrected chi connectivity index (χ0v) is 19.6. The molecule has 0 spiro atoms. The van der Waals surface area contributed by atoms with Crippen LogP contribution in [0.4, 0.5) is 0 Å². The van der Waals surface area contributed by atoms with E-state index >= 15 is 0 Å². The lowest BCUT2D eigenvalue weighted by atomic mass is 10.1. The highest BCUT2D eigenvalue weighted by Gasteiger charge is 2.25. The smallest absolute Gasteiger partial charge is 0.282 e. The fourth-order valence-electron chi connectivity index (χ4n) is 4.41. The number of carbonyl (C=O) groups excluding carboxylic acids is 1. The van der Waals surface area contributed by atoms with Crippen LogP contribution in [0.2, 0.25) is 0 Å². The van der Waals surface area contributed by atoms with Crippen molar-refractivity contribution < 1.29 is 14.3 Å². The van der Waals surface area contributed by atoms with Crippen molar-refractivity contribution in [2.45, 2.75) is 31.9 Å². The third-order valence-electron chi connectivity index (χ3n) is 6.26. The Hall–Kier alpha value is -3.91. The standard InChI is InChI=1S/C27H28N4O4/c1-34-21-11-9-19(10-12-21)13-14-28-26(32)23-17-30(16-22-8-5-15-35-22)18-24-25(23)29-31(27(24)33)20-6-3-2-4-7-20/h2-4,6-7,9-12,17-18,22H,5,8,13-16H2,1H3,(H,28,32)/t22-/m0/s1. The van der Waals surface area contributed by atoms with Crippen molar-refractivity contribution in [3.63, 3.8) is 0 Å². The van der Waals surface area contributed by atoms with Crippen LogP contribution >= 0.6 is 0 Å². The lowest BCUT2D eigenvalue weighted by Gasteiger charge is -2.16. The van der Waals surface area contributed by atoms with Gasteiger partial charge < -0.3 is 19.4 Å². The van der Waals surface area contributed by atoms with Gasteiger partial charge >= 0.3 is 0 Å². The van der Waals surface area contributed by atoms with E-state index in [-0.39, 0.29) is 17.6 Å². The third-order valence-corrected chi connectivity index (χ3v) is 6.26. The maximum absolute atomic E-state index is 13.3. The first kappa shape index (κ1) is 22.9. The fourth-order valence-corrected chi connectivity index (χ4v) is 4.41. The molecule has 2 aromatic rings.